The highest BCUT2D eigenvalue weighted by Crippen LogP contribution is 2.22. The van der Waals surface area contributed by atoms with Crippen LogP contribution >= 0.6 is 0 Å². The van der Waals surface area contributed by atoms with Gasteiger partial charge in [-0.05, 0) is 31.9 Å². The van der Waals surface area contributed by atoms with Crippen molar-refractivity contribution in [3.8, 4) is 0 Å². The van der Waals surface area contributed by atoms with Crippen LogP contribution in [-0.4, -0.2) is 17.0 Å². The van der Waals surface area contributed by atoms with Gasteiger partial charge in [-0.25, -0.2) is 9.97 Å². The molecule has 2 aromatic rings. The fraction of sp³-hybridized carbons (Fsp3) is 0.375. The zero-order valence-electron chi connectivity index (χ0n) is 12.6. The van der Waals surface area contributed by atoms with Crippen LogP contribution in [0.2, 0.25) is 0 Å². The lowest BCUT2D eigenvalue weighted by Gasteiger charge is -2.12. The second-order valence-electron chi connectivity index (χ2n) is 5.00. The first-order valence-electron chi connectivity index (χ1n) is 7.02. The van der Waals surface area contributed by atoms with Gasteiger partial charge in [0.2, 0.25) is 0 Å². The Morgan fingerprint density at radius 2 is 1.80 bits per heavy atom. The van der Waals surface area contributed by atoms with Gasteiger partial charge in [0.15, 0.2) is 0 Å². The molecule has 0 atom stereocenters. The van der Waals surface area contributed by atoms with Gasteiger partial charge in [0.25, 0.3) is 0 Å². The Balaban J connectivity index is 2.29. The largest absolute Gasteiger partial charge is 0.373 e. The molecule has 2 N–H and O–H groups in total. The molecular weight excluding hydrogens is 248 g/mol. The summed E-state index contributed by atoms with van der Waals surface area (Å²) in [4.78, 5) is 9.03. The van der Waals surface area contributed by atoms with Gasteiger partial charge >= 0.3 is 0 Å². The van der Waals surface area contributed by atoms with Crippen LogP contribution in [0.4, 0.5) is 17.3 Å². The van der Waals surface area contributed by atoms with E-state index in [0.29, 0.717) is 0 Å². The zero-order valence-corrected chi connectivity index (χ0v) is 12.6. The van der Waals surface area contributed by atoms with E-state index in [0.717, 1.165) is 36.0 Å². The molecule has 0 radical (unpaired) electrons. The zero-order chi connectivity index (χ0) is 14.5. The first-order chi connectivity index (χ1) is 9.62. The Morgan fingerprint density at radius 1 is 1.05 bits per heavy atom. The summed E-state index contributed by atoms with van der Waals surface area (Å²) in [6.07, 6.45) is 1.92. The normalized spacial score (nSPS) is 10.4. The van der Waals surface area contributed by atoms with Crippen LogP contribution in [-0.2, 0) is 6.42 Å². The van der Waals surface area contributed by atoms with E-state index in [-0.39, 0.29) is 0 Å². The predicted molar refractivity (Wildman–Crippen MR) is 84.8 cm³/mol. The third-order valence-electron chi connectivity index (χ3n) is 3.15. The fourth-order valence-corrected chi connectivity index (χ4v) is 2.12. The average molecular weight is 270 g/mol. The van der Waals surface area contributed by atoms with Crippen LogP contribution < -0.4 is 10.6 Å². The van der Waals surface area contributed by atoms with Crippen molar-refractivity contribution in [2.24, 2.45) is 0 Å². The second-order valence-corrected chi connectivity index (χ2v) is 5.00. The number of nitrogens with zero attached hydrogens (tertiary/aromatic N) is 2. The van der Waals surface area contributed by atoms with E-state index in [2.05, 4.69) is 59.6 Å². The summed E-state index contributed by atoms with van der Waals surface area (Å²) in [7, 11) is 1.87. The highest BCUT2D eigenvalue weighted by Gasteiger charge is 2.05. The van der Waals surface area contributed by atoms with Crippen LogP contribution in [0.15, 0.2) is 24.3 Å². The minimum Gasteiger partial charge on any atom is -0.373 e. The monoisotopic (exact) mass is 270 g/mol. The molecule has 20 heavy (non-hydrogen) atoms. The molecule has 4 heteroatoms. The van der Waals surface area contributed by atoms with E-state index in [9.17, 15) is 0 Å². The van der Waals surface area contributed by atoms with E-state index in [1.165, 1.54) is 11.1 Å². The number of rotatable bonds is 5. The van der Waals surface area contributed by atoms with Crippen molar-refractivity contribution in [2.75, 3.05) is 17.7 Å². The molecule has 4 nitrogen and oxygen atoms in total. The summed E-state index contributed by atoms with van der Waals surface area (Å²) in [5.74, 6) is 2.54. The van der Waals surface area contributed by atoms with Gasteiger partial charge in [-0.1, -0.05) is 24.6 Å². The number of hydrogen-bond acceptors (Lipinski definition) is 4. The van der Waals surface area contributed by atoms with Crippen molar-refractivity contribution in [2.45, 2.75) is 33.6 Å². The summed E-state index contributed by atoms with van der Waals surface area (Å²) in [6.45, 7) is 6.33. The summed E-state index contributed by atoms with van der Waals surface area (Å²) < 4.78 is 0. The molecule has 0 unspecified atom stereocenters. The second kappa shape index (κ2) is 6.37. The molecule has 0 amide bonds. The minimum absolute atomic E-state index is 0.833. The van der Waals surface area contributed by atoms with E-state index < -0.39 is 0 Å². The van der Waals surface area contributed by atoms with Gasteiger partial charge in [-0.3, -0.25) is 0 Å². The van der Waals surface area contributed by atoms with Crippen molar-refractivity contribution in [3.63, 3.8) is 0 Å². The maximum Gasteiger partial charge on any atom is 0.136 e. The predicted octanol–water partition coefficient (Wildman–Crippen LogP) is 3.83. The molecule has 0 aliphatic carbocycles. The molecular formula is C16H22N4. The third kappa shape index (κ3) is 3.47. The maximum atomic E-state index is 4.57. The maximum absolute atomic E-state index is 4.57. The topological polar surface area (TPSA) is 49.8 Å². The molecule has 0 aliphatic heterocycles. The van der Waals surface area contributed by atoms with Gasteiger partial charge in [0, 0.05) is 25.2 Å². The van der Waals surface area contributed by atoms with Crippen molar-refractivity contribution in [3.05, 3.63) is 41.2 Å². The summed E-state index contributed by atoms with van der Waals surface area (Å²) >= 11 is 0. The van der Waals surface area contributed by atoms with Gasteiger partial charge in [0.05, 0.1) is 0 Å². The van der Waals surface area contributed by atoms with Gasteiger partial charge in [0.1, 0.15) is 17.5 Å². The molecule has 1 heterocycles. The summed E-state index contributed by atoms with van der Waals surface area (Å²) in [6, 6.07) is 8.28. The van der Waals surface area contributed by atoms with E-state index in [1.807, 2.05) is 13.1 Å². The Kier molecular flexibility index (Phi) is 4.56. The molecule has 0 spiro atoms. The molecule has 0 saturated heterocycles. The van der Waals surface area contributed by atoms with Crippen molar-refractivity contribution in [1.82, 2.24) is 9.97 Å². The number of nitrogens with one attached hydrogen (secondary N) is 2. The van der Waals surface area contributed by atoms with E-state index in [4.69, 9.17) is 0 Å². The Bertz CT molecular complexity index is 593. The standard InChI is InChI=1S/C16H22N4/c1-5-6-14-19-15(17-4)10-16(20-14)18-13-8-7-11(2)9-12(13)3/h7-10H,5-6H2,1-4H3,(H2,17,18,19,20). The number of anilines is 3. The van der Waals surface area contributed by atoms with Crippen molar-refractivity contribution < 1.29 is 0 Å². The lowest BCUT2D eigenvalue weighted by atomic mass is 10.1. The smallest absolute Gasteiger partial charge is 0.136 e. The van der Waals surface area contributed by atoms with E-state index in [1.54, 1.807) is 0 Å². The first kappa shape index (κ1) is 14.3. The fourth-order valence-electron chi connectivity index (χ4n) is 2.12. The first-order valence-corrected chi connectivity index (χ1v) is 7.02. The molecule has 0 fully saturated rings. The van der Waals surface area contributed by atoms with Crippen LogP contribution in [0.5, 0.6) is 0 Å². The summed E-state index contributed by atoms with van der Waals surface area (Å²) in [5, 5.41) is 6.47. The summed E-state index contributed by atoms with van der Waals surface area (Å²) in [5.41, 5.74) is 3.56. The molecule has 0 bridgehead atoms. The Morgan fingerprint density at radius 3 is 2.45 bits per heavy atom. The molecule has 0 aliphatic rings. The van der Waals surface area contributed by atoms with Crippen molar-refractivity contribution >= 4 is 17.3 Å². The molecule has 1 aromatic carbocycles. The average Bonchev–Trinajstić information content (AvgIpc) is 2.42. The third-order valence-corrected chi connectivity index (χ3v) is 3.15. The molecule has 0 saturated carbocycles. The lowest BCUT2D eigenvalue weighted by molar-refractivity contribution is 0.838. The minimum atomic E-state index is 0.833. The Labute approximate surface area is 120 Å². The molecule has 1 aromatic heterocycles. The quantitative estimate of drug-likeness (QED) is 0.867. The van der Waals surface area contributed by atoms with Gasteiger partial charge in [-0.2, -0.15) is 0 Å². The molecule has 2 rings (SSSR count). The highest BCUT2D eigenvalue weighted by molar-refractivity contribution is 5.62. The van der Waals surface area contributed by atoms with Crippen LogP contribution in [0.1, 0.15) is 30.3 Å². The SMILES string of the molecule is CCCc1nc(NC)cc(Nc2ccc(C)cc2C)n1. The Hall–Kier alpha value is -2.10. The number of hydrogen-bond donors (Lipinski definition) is 2. The lowest BCUT2D eigenvalue weighted by Crippen LogP contribution is -2.04. The number of aryl methyl sites for hydroxylation is 3. The molecule has 106 valence electrons. The number of aromatic nitrogens is 2. The van der Waals surface area contributed by atoms with Crippen LogP contribution in [0.3, 0.4) is 0 Å². The van der Waals surface area contributed by atoms with Crippen LogP contribution in [0.25, 0.3) is 0 Å². The van der Waals surface area contributed by atoms with E-state index >= 15 is 0 Å². The highest BCUT2D eigenvalue weighted by atomic mass is 15.1. The van der Waals surface area contributed by atoms with Crippen molar-refractivity contribution in [1.29, 1.82) is 0 Å². The number of benzene rings is 1. The van der Waals surface area contributed by atoms with Gasteiger partial charge in [-0.15, -0.1) is 0 Å². The van der Waals surface area contributed by atoms with Crippen LogP contribution in [0, 0.1) is 13.8 Å². The van der Waals surface area contributed by atoms with Gasteiger partial charge < -0.3 is 10.6 Å².